The first-order valence-electron chi connectivity index (χ1n) is 6.34. The molecule has 0 aliphatic carbocycles. The Hall–Kier alpha value is -1.55. The van der Waals surface area contributed by atoms with Crippen molar-refractivity contribution in [2.75, 3.05) is 0 Å². The van der Waals surface area contributed by atoms with E-state index in [1.165, 1.54) is 0 Å². The van der Waals surface area contributed by atoms with Crippen molar-refractivity contribution in [3.05, 3.63) is 34.7 Å². The molecule has 0 aliphatic rings. The normalized spacial score (nSPS) is 12.2. The predicted molar refractivity (Wildman–Crippen MR) is 72.8 cm³/mol. The van der Waals surface area contributed by atoms with E-state index in [0.29, 0.717) is 19.5 Å². The third kappa shape index (κ3) is 2.34. The number of aromatic nitrogens is 2. The lowest BCUT2D eigenvalue weighted by atomic mass is 10.1. The Balaban J connectivity index is 2.50. The summed E-state index contributed by atoms with van der Waals surface area (Å²) in [5.74, 6) is 0. The van der Waals surface area contributed by atoms with Gasteiger partial charge in [0.05, 0.1) is 16.6 Å². The number of hydrogen-bond donors (Lipinski definition) is 1. The molecule has 2 aromatic rings. The summed E-state index contributed by atoms with van der Waals surface area (Å²) in [7, 11) is 0. The van der Waals surface area contributed by atoms with E-state index in [1.807, 2.05) is 31.2 Å². The van der Waals surface area contributed by atoms with Crippen molar-refractivity contribution in [1.82, 2.24) is 9.13 Å². The summed E-state index contributed by atoms with van der Waals surface area (Å²) in [6.07, 6.45) is 0.560. The van der Waals surface area contributed by atoms with Gasteiger partial charge in [0.2, 0.25) is 0 Å². The molecule has 0 amide bonds. The fourth-order valence-corrected chi connectivity index (χ4v) is 2.18. The molecule has 0 saturated heterocycles. The van der Waals surface area contributed by atoms with Gasteiger partial charge < -0.3 is 5.11 Å². The van der Waals surface area contributed by atoms with E-state index in [2.05, 4.69) is 0 Å². The first kappa shape index (κ1) is 12.9. The Morgan fingerprint density at radius 2 is 1.72 bits per heavy atom. The molecule has 0 bridgehead atoms. The number of fused-ring (bicyclic) bond motifs is 1. The molecular formula is C14H20N2O2. The largest absolute Gasteiger partial charge is 0.390 e. The molecule has 0 atom stereocenters. The van der Waals surface area contributed by atoms with Gasteiger partial charge in [-0.05, 0) is 39.3 Å². The number of para-hydroxylation sites is 2. The van der Waals surface area contributed by atoms with Gasteiger partial charge >= 0.3 is 5.69 Å². The minimum absolute atomic E-state index is 0.00273. The molecule has 1 aromatic carbocycles. The smallest absolute Gasteiger partial charge is 0.329 e. The summed E-state index contributed by atoms with van der Waals surface area (Å²) >= 11 is 0. The molecule has 18 heavy (non-hydrogen) atoms. The highest BCUT2D eigenvalue weighted by Gasteiger charge is 2.16. The van der Waals surface area contributed by atoms with Crippen LogP contribution in [0.1, 0.15) is 27.2 Å². The number of aryl methyl sites for hydroxylation is 2. The number of rotatable bonds is 4. The molecule has 0 fully saturated rings. The second kappa shape index (κ2) is 4.61. The van der Waals surface area contributed by atoms with E-state index in [4.69, 9.17) is 0 Å². The number of hydrogen-bond acceptors (Lipinski definition) is 2. The van der Waals surface area contributed by atoms with Gasteiger partial charge in [0.15, 0.2) is 0 Å². The predicted octanol–water partition coefficient (Wildman–Crippen LogP) is 1.98. The van der Waals surface area contributed by atoms with Crippen LogP contribution in [-0.4, -0.2) is 19.8 Å². The fraction of sp³-hybridized carbons (Fsp3) is 0.500. The zero-order valence-corrected chi connectivity index (χ0v) is 11.2. The molecule has 98 valence electrons. The van der Waals surface area contributed by atoms with Crippen LogP contribution >= 0.6 is 0 Å². The number of benzene rings is 1. The van der Waals surface area contributed by atoms with E-state index >= 15 is 0 Å². The van der Waals surface area contributed by atoms with Crippen LogP contribution in [0, 0.1) is 0 Å². The van der Waals surface area contributed by atoms with Crippen molar-refractivity contribution in [2.24, 2.45) is 0 Å². The van der Waals surface area contributed by atoms with Gasteiger partial charge in [-0.25, -0.2) is 4.79 Å². The van der Waals surface area contributed by atoms with Crippen LogP contribution in [0.5, 0.6) is 0 Å². The van der Waals surface area contributed by atoms with Crippen molar-refractivity contribution in [3.63, 3.8) is 0 Å². The molecule has 2 rings (SSSR count). The molecule has 0 aliphatic heterocycles. The molecule has 4 heteroatoms. The van der Waals surface area contributed by atoms with E-state index in [9.17, 15) is 9.90 Å². The molecule has 0 saturated carbocycles. The van der Waals surface area contributed by atoms with Gasteiger partial charge in [-0.15, -0.1) is 0 Å². The third-order valence-electron chi connectivity index (χ3n) is 3.19. The van der Waals surface area contributed by atoms with Crippen LogP contribution in [0.15, 0.2) is 29.1 Å². The summed E-state index contributed by atoms with van der Waals surface area (Å²) in [6.45, 7) is 6.69. The molecule has 0 radical (unpaired) electrons. The van der Waals surface area contributed by atoms with Gasteiger partial charge in [0, 0.05) is 13.1 Å². The average Bonchev–Trinajstić information content (AvgIpc) is 2.57. The highest BCUT2D eigenvalue weighted by atomic mass is 16.3. The zero-order valence-electron chi connectivity index (χ0n) is 11.2. The van der Waals surface area contributed by atoms with Gasteiger partial charge in [-0.3, -0.25) is 9.13 Å². The van der Waals surface area contributed by atoms with Crippen LogP contribution in [0.2, 0.25) is 0 Å². The van der Waals surface area contributed by atoms with Crippen molar-refractivity contribution in [1.29, 1.82) is 0 Å². The maximum atomic E-state index is 12.3. The molecule has 0 spiro atoms. The van der Waals surface area contributed by atoms with Crippen molar-refractivity contribution >= 4 is 11.0 Å². The highest BCUT2D eigenvalue weighted by Crippen LogP contribution is 2.15. The molecule has 0 unspecified atom stereocenters. The molecule has 4 nitrogen and oxygen atoms in total. The molecule has 1 heterocycles. The zero-order chi connectivity index (χ0) is 13.3. The molecular weight excluding hydrogens is 228 g/mol. The highest BCUT2D eigenvalue weighted by molar-refractivity contribution is 5.75. The van der Waals surface area contributed by atoms with Gasteiger partial charge in [-0.1, -0.05) is 12.1 Å². The van der Waals surface area contributed by atoms with Crippen molar-refractivity contribution in [3.8, 4) is 0 Å². The lowest BCUT2D eigenvalue weighted by molar-refractivity contribution is 0.0662. The number of imidazole rings is 1. The molecule has 1 N–H and O–H groups in total. The van der Waals surface area contributed by atoms with Crippen LogP contribution in [0.3, 0.4) is 0 Å². The van der Waals surface area contributed by atoms with Gasteiger partial charge in [0.1, 0.15) is 0 Å². The Morgan fingerprint density at radius 1 is 1.17 bits per heavy atom. The lowest BCUT2D eigenvalue weighted by Crippen LogP contribution is -2.28. The summed E-state index contributed by atoms with van der Waals surface area (Å²) < 4.78 is 3.51. The Labute approximate surface area is 106 Å². The monoisotopic (exact) mass is 248 g/mol. The van der Waals surface area contributed by atoms with Gasteiger partial charge in [-0.2, -0.15) is 0 Å². The van der Waals surface area contributed by atoms with E-state index < -0.39 is 5.60 Å². The standard InChI is InChI=1S/C14H20N2O2/c1-4-15-11-7-5-6-8-12(11)16(13(15)17)10-9-14(2,3)18/h5-8,18H,4,9-10H2,1-3H3. The van der Waals surface area contributed by atoms with E-state index in [1.54, 1.807) is 23.0 Å². The summed E-state index contributed by atoms with van der Waals surface area (Å²) in [5, 5.41) is 9.78. The first-order valence-corrected chi connectivity index (χ1v) is 6.34. The fourth-order valence-electron chi connectivity index (χ4n) is 2.18. The van der Waals surface area contributed by atoms with Crippen LogP contribution < -0.4 is 5.69 Å². The minimum atomic E-state index is -0.755. The van der Waals surface area contributed by atoms with Crippen LogP contribution in [0.4, 0.5) is 0 Å². The number of nitrogens with zero attached hydrogens (tertiary/aromatic N) is 2. The molecule has 1 aromatic heterocycles. The summed E-state index contributed by atoms with van der Waals surface area (Å²) in [4.78, 5) is 12.3. The quantitative estimate of drug-likeness (QED) is 0.899. The van der Waals surface area contributed by atoms with Crippen LogP contribution in [-0.2, 0) is 13.1 Å². The Kier molecular flexibility index (Phi) is 3.30. The van der Waals surface area contributed by atoms with Crippen LogP contribution in [0.25, 0.3) is 11.0 Å². The number of aliphatic hydroxyl groups is 1. The minimum Gasteiger partial charge on any atom is -0.390 e. The lowest BCUT2D eigenvalue weighted by Gasteiger charge is -2.16. The van der Waals surface area contributed by atoms with Crippen molar-refractivity contribution in [2.45, 2.75) is 45.9 Å². The Morgan fingerprint density at radius 3 is 2.22 bits per heavy atom. The first-order chi connectivity index (χ1) is 8.44. The maximum Gasteiger partial charge on any atom is 0.329 e. The summed E-state index contributed by atoms with van der Waals surface area (Å²) in [5.41, 5.74) is 1.15. The summed E-state index contributed by atoms with van der Waals surface area (Å²) in [6, 6.07) is 7.78. The maximum absolute atomic E-state index is 12.3. The average molecular weight is 248 g/mol. The van der Waals surface area contributed by atoms with Crippen molar-refractivity contribution < 1.29 is 5.11 Å². The van der Waals surface area contributed by atoms with E-state index in [-0.39, 0.29) is 5.69 Å². The second-order valence-corrected chi connectivity index (χ2v) is 5.23. The van der Waals surface area contributed by atoms with Gasteiger partial charge in [0.25, 0.3) is 0 Å². The van der Waals surface area contributed by atoms with E-state index in [0.717, 1.165) is 11.0 Å². The second-order valence-electron chi connectivity index (χ2n) is 5.23. The SMILES string of the molecule is CCn1c(=O)n(CCC(C)(C)O)c2ccccc21. The topological polar surface area (TPSA) is 47.2 Å². The Bertz CT molecular complexity index is 602. The third-order valence-corrected chi connectivity index (χ3v) is 3.19.